The first-order valence-corrected chi connectivity index (χ1v) is 10.3. The second-order valence-corrected chi connectivity index (χ2v) is 7.78. The molecule has 0 aliphatic heterocycles. The molecule has 0 saturated heterocycles. The number of carbonyl (C=O) groups excluding carboxylic acids is 1. The molecule has 34 heavy (non-hydrogen) atoms. The lowest BCUT2D eigenvalue weighted by Crippen LogP contribution is -2.13. The van der Waals surface area contributed by atoms with E-state index in [1.165, 1.54) is 12.1 Å². The molecule has 0 atom stereocenters. The Morgan fingerprint density at radius 1 is 0.824 bits per heavy atom. The van der Waals surface area contributed by atoms with Gasteiger partial charge in [-0.2, -0.15) is 0 Å². The molecule has 0 unspecified atom stereocenters. The Balaban J connectivity index is 1.49. The molecule has 4 rings (SSSR count). The van der Waals surface area contributed by atoms with Gasteiger partial charge < -0.3 is 19.9 Å². The first kappa shape index (κ1) is 22.5. The number of hydrogen-bond donors (Lipinski definition) is 3. The summed E-state index contributed by atoms with van der Waals surface area (Å²) in [6.07, 6.45) is 3.55. The number of carbonyl (C=O) groups is 3. The largest absolute Gasteiger partial charge is 0.478 e. The Bertz CT molecular complexity index is 1390. The number of nitrogens with zero attached hydrogens (tertiary/aromatic N) is 1. The number of rotatable bonds is 6. The van der Waals surface area contributed by atoms with Crippen LogP contribution in [0.1, 0.15) is 53.7 Å². The van der Waals surface area contributed by atoms with E-state index in [0.717, 1.165) is 28.3 Å². The average Bonchev–Trinajstić information content (AvgIpc) is 3.19. The summed E-state index contributed by atoms with van der Waals surface area (Å²) in [5.41, 5.74) is 4.50. The Morgan fingerprint density at radius 3 is 2.06 bits per heavy atom. The molecule has 4 aromatic rings. The first-order valence-electron chi connectivity index (χ1n) is 10.3. The van der Waals surface area contributed by atoms with E-state index >= 15 is 0 Å². The van der Waals surface area contributed by atoms with Crippen molar-refractivity contribution in [3.63, 3.8) is 0 Å². The van der Waals surface area contributed by atoms with Gasteiger partial charge >= 0.3 is 11.9 Å². The van der Waals surface area contributed by atoms with Gasteiger partial charge in [0.1, 0.15) is 5.52 Å². The zero-order chi connectivity index (χ0) is 24.4. The van der Waals surface area contributed by atoms with Crippen LogP contribution >= 0.6 is 0 Å². The normalized spacial score (nSPS) is 11.1. The highest BCUT2D eigenvalue weighted by atomic mass is 16.4. The molecule has 170 valence electrons. The van der Waals surface area contributed by atoms with Gasteiger partial charge in [0.25, 0.3) is 5.91 Å². The lowest BCUT2D eigenvalue weighted by molar-refractivity contribution is 0.0696. The molecular weight excluding hydrogens is 436 g/mol. The number of nitrogens with one attached hydrogen (secondary N) is 1. The van der Waals surface area contributed by atoms with Crippen molar-refractivity contribution in [2.75, 3.05) is 5.32 Å². The lowest BCUT2D eigenvalue weighted by atomic mass is 10.1. The van der Waals surface area contributed by atoms with Crippen LogP contribution in [0.3, 0.4) is 0 Å². The van der Waals surface area contributed by atoms with Gasteiger partial charge in [0.2, 0.25) is 5.89 Å². The Hall–Kier alpha value is -4.72. The molecule has 0 aliphatic rings. The first-order chi connectivity index (χ1) is 16.2. The maximum absolute atomic E-state index is 12.6. The summed E-state index contributed by atoms with van der Waals surface area (Å²) in [5.74, 6) is -2.62. The van der Waals surface area contributed by atoms with E-state index < -0.39 is 17.8 Å². The summed E-state index contributed by atoms with van der Waals surface area (Å²) >= 11 is 0. The van der Waals surface area contributed by atoms with Crippen LogP contribution in [0.2, 0.25) is 0 Å². The quantitative estimate of drug-likeness (QED) is 0.361. The molecule has 3 aromatic carbocycles. The molecule has 8 heteroatoms. The molecule has 0 saturated carbocycles. The summed E-state index contributed by atoms with van der Waals surface area (Å²) < 4.78 is 5.76. The van der Waals surface area contributed by atoms with Crippen LogP contribution in [0.15, 0.2) is 59.0 Å². The minimum atomic E-state index is -1.29. The average molecular weight is 456 g/mol. The number of carboxylic acids is 2. The van der Waals surface area contributed by atoms with Crippen LogP contribution in [0.4, 0.5) is 5.69 Å². The number of aromatic carboxylic acids is 2. The number of anilines is 1. The molecule has 1 aromatic heterocycles. The molecule has 3 N–H and O–H groups in total. The predicted molar refractivity (Wildman–Crippen MR) is 127 cm³/mol. The fourth-order valence-corrected chi connectivity index (χ4v) is 3.33. The van der Waals surface area contributed by atoms with Gasteiger partial charge in [0, 0.05) is 17.3 Å². The molecule has 0 aliphatic carbocycles. The van der Waals surface area contributed by atoms with Crippen molar-refractivity contribution in [3.8, 4) is 0 Å². The van der Waals surface area contributed by atoms with E-state index in [9.17, 15) is 24.6 Å². The van der Waals surface area contributed by atoms with Gasteiger partial charge in [-0.15, -0.1) is 0 Å². The van der Waals surface area contributed by atoms with Gasteiger partial charge in [0.05, 0.1) is 11.1 Å². The van der Waals surface area contributed by atoms with E-state index in [2.05, 4.69) is 10.3 Å². The van der Waals surface area contributed by atoms with Gasteiger partial charge in [-0.25, -0.2) is 14.6 Å². The van der Waals surface area contributed by atoms with E-state index in [4.69, 9.17) is 4.42 Å². The standard InChI is InChI=1S/C26H20N2O6/c1-14-9-21-22(10-15(14)2)34-23(28-21)8-5-16-3-6-17(7-4-16)24(29)27-20-12-18(25(30)31)11-19(13-20)26(32)33/h3-13H,1-2H3,(H,27,29)(H,30,31)(H,32,33). The van der Waals surface area contributed by atoms with Crippen molar-refractivity contribution >= 4 is 46.8 Å². The highest BCUT2D eigenvalue weighted by Gasteiger charge is 2.14. The summed E-state index contributed by atoms with van der Waals surface area (Å²) in [5, 5.41) is 20.9. The number of aromatic nitrogens is 1. The minimum Gasteiger partial charge on any atom is -0.478 e. The molecule has 8 nitrogen and oxygen atoms in total. The molecule has 0 radical (unpaired) electrons. The highest BCUT2D eigenvalue weighted by molar-refractivity contribution is 6.06. The second kappa shape index (κ2) is 9.03. The van der Waals surface area contributed by atoms with Gasteiger partial charge in [-0.3, -0.25) is 4.79 Å². The number of oxazole rings is 1. The summed E-state index contributed by atoms with van der Waals surface area (Å²) in [6, 6.07) is 14.0. The number of benzene rings is 3. The third-order valence-corrected chi connectivity index (χ3v) is 5.30. The smallest absolute Gasteiger partial charge is 0.335 e. The maximum Gasteiger partial charge on any atom is 0.335 e. The summed E-state index contributed by atoms with van der Waals surface area (Å²) in [6.45, 7) is 4.03. The molecule has 1 amide bonds. The van der Waals surface area contributed by atoms with Crippen LogP contribution in [-0.2, 0) is 0 Å². The monoisotopic (exact) mass is 456 g/mol. The molecular formula is C26H20N2O6. The van der Waals surface area contributed by atoms with Gasteiger partial charge in [-0.05, 0) is 79.1 Å². The van der Waals surface area contributed by atoms with Crippen molar-refractivity contribution in [2.45, 2.75) is 13.8 Å². The molecule has 0 bridgehead atoms. The lowest BCUT2D eigenvalue weighted by Gasteiger charge is -2.08. The third kappa shape index (κ3) is 4.86. The Kier molecular flexibility index (Phi) is 5.97. The molecule has 1 heterocycles. The second-order valence-electron chi connectivity index (χ2n) is 7.78. The predicted octanol–water partition coefficient (Wildman–Crippen LogP) is 5.26. The number of carboxylic acid groups (broad SMARTS) is 2. The third-order valence-electron chi connectivity index (χ3n) is 5.30. The van der Waals surface area contributed by atoms with Gasteiger partial charge in [0.15, 0.2) is 5.58 Å². The van der Waals surface area contributed by atoms with E-state index in [0.29, 0.717) is 17.0 Å². The summed E-state index contributed by atoms with van der Waals surface area (Å²) in [4.78, 5) is 39.5. The number of hydrogen-bond acceptors (Lipinski definition) is 5. The summed E-state index contributed by atoms with van der Waals surface area (Å²) in [7, 11) is 0. The highest BCUT2D eigenvalue weighted by Crippen LogP contribution is 2.22. The topological polar surface area (TPSA) is 130 Å². The van der Waals surface area contributed by atoms with Crippen molar-refractivity contribution < 1.29 is 29.0 Å². The molecule has 0 fully saturated rings. The maximum atomic E-state index is 12.6. The molecule has 0 spiro atoms. The van der Waals surface area contributed by atoms with Gasteiger partial charge in [-0.1, -0.05) is 12.1 Å². The van der Waals surface area contributed by atoms with Crippen molar-refractivity contribution in [2.24, 2.45) is 0 Å². The van der Waals surface area contributed by atoms with Crippen molar-refractivity contribution in [1.82, 2.24) is 4.98 Å². The van der Waals surface area contributed by atoms with Crippen LogP contribution < -0.4 is 5.32 Å². The number of amides is 1. The SMILES string of the molecule is Cc1cc2nc(C=Cc3ccc(C(=O)Nc4cc(C(=O)O)cc(C(=O)O)c4)cc3)oc2cc1C. The fourth-order valence-electron chi connectivity index (χ4n) is 3.33. The zero-order valence-electron chi connectivity index (χ0n) is 18.3. The minimum absolute atomic E-state index is 0.0766. The fraction of sp³-hybridized carbons (Fsp3) is 0.0769. The Morgan fingerprint density at radius 2 is 1.44 bits per heavy atom. The van der Waals surface area contributed by atoms with Crippen molar-refractivity contribution in [1.29, 1.82) is 0 Å². The number of fused-ring (bicyclic) bond motifs is 1. The van der Waals surface area contributed by atoms with Crippen LogP contribution in [0.25, 0.3) is 23.3 Å². The number of aryl methyl sites for hydroxylation is 2. The van der Waals surface area contributed by atoms with Crippen LogP contribution in [-0.4, -0.2) is 33.0 Å². The van der Waals surface area contributed by atoms with Crippen LogP contribution in [0, 0.1) is 13.8 Å². The van der Waals surface area contributed by atoms with E-state index in [1.807, 2.05) is 32.1 Å². The van der Waals surface area contributed by atoms with Crippen LogP contribution in [0.5, 0.6) is 0 Å². The van der Waals surface area contributed by atoms with E-state index in [-0.39, 0.29) is 16.8 Å². The van der Waals surface area contributed by atoms with E-state index in [1.54, 1.807) is 30.3 Å². The zero-order valence-corrected chi connectivity index (χ0v) is 18.3. The van der Waals surface area contributed by atoms with Crippen molar-refractivity contribution in [3.05, 3.63) is 93.9 Å². The Labute approximate surface area is 194 Å².